The van der Waals surface area contributed by atoms with E-state index in [1.54, 1.807) is 0 Å². The van der Waals surface area contributed by atoms with Gasteiger partial charge in [-0.25, -0.2) is 4.79 Å². The predicted molar refractivity (Wildman–Crippen MR) is 127 cm³/mol. The van der Waals surface area contributed by atoms with Crippen molar-refractivity contribution in [1.29, 1.82) is 0 Å². The quantitative estimate of drug-likeness (QED) is 0.581. The standard InChI is InChI=1S/C27H36N2O3/c1-26(2,3)32-25(30)29-19-15-27(16-20-29)13-17-28(18-14-27)21-22-9-7-8-12-24(22)31-23-10-5-4-6-11-23/h4-12H,13-21H2,1-3H3. The number of nitrogens with zero attached hydrogens (tertiary/aromatic N) is 2. The van der Waals surface area contributed by atoms with E-state index in [1.165, 1.54) is 18.4 Å². The highest BCUT2D eigenvalue weighted by Crippen LogP contribution is 2.42. The number of hydrogen-bond acceptors (Lipinski definition) is 4. The highest BCUT2D eigenvalue weighted by molar-refractivity contribution is 5.68. The lowest BCUT2D eigenvalue weighted by molar-refractivity contribution is -0.00314. The van der Waals surface area contributed by atoms with Gasteiger partial charge >= 0.3 is 6.09 Å². The topological polar surface area (TPSA) is 42.0 Å². The molecule has 2 aliphatic heterocycles. The Balaban J connectivity index is 1.29. The minimum absolute atomic E-state index is 0.167. The number of hydrogen-bond donors (Lipinski definition) is 0. The Morgan fingerprint density at radius 2 is 1.47 bits per heavy atom. The average molecular weight is 437 g/mol. The molecule has 0 saturated carbocycles. The number of carbonyl (C=O) groups excluding carboxylic acids is 1. The zero-order valence-electron chi connectivity index (χ0n) is 19.7. The number of ether oxygens (including phenoxy) is 2. The molecule has 2 fully saturated rings. The van der Waals surface area contributed by atoms with Crippen molar-refractivity contribution in [2.45, 2.75) is 58.6 Å². The molecule has 0 unspecified atom stereocenters. The van der Waals surface area contributed by atoms with Crippen molar-refractivity contribution in [3.05, 3.63) is 60.2 Å². The summed E-state index contributed by atoms with van der Waals surface area (Å²) in [5.74, 6) is 1.80. The van der Waals surface area contributed by atoms with E-state index in [4.69, 9.17) is 9.47 Å². The zero-order chi connectivity index (χ0) is 22.6. The van der Waals surface area contributed by atoms with Crippen molar-refractivity contribution >= 4 is 6.09 Å². The molecule has 5 nitrogen and oxygen atoms in total. The molecule has 2 aromatic rings. The summed E-state index contributed by atoms with van der Waals surface area (Å²) in [4.78, 5) is 16.8. The molecule has 2 aromatic carbocycles. The first-order valence-electron chi connectivity index (χ1n) is 11.8. The Kier molecular flexibility index (Phi) is 6.75. The van der Waals surface area contributed by atoms with E-state index < -0.39 is 5.60 Å². The molecule has 2 aliphatic rings. The number of para-hydroxylation sites is 2. The summed E-state index contributed by atoms with van der Waals surface area (Å²) in [6.45, 7) is 10.5. The molecule has 0 radical (unpaired) electrons. The van der Waals surface area contributed by atoms with Gasteiger partial charge in [0.05, 0.1) is 0 Å². The summed E-state index contributed by atoms with van der Waals surface area (Å²) in [6, 6.07) is 18.3. The van der Waals surface area contributed by atoms with Gasteiger partial charge in [0.2, 0.25) is 0 Å². The molecule has 5 heteroatoms. The summed E-state index contributed by atoms with van der Waals surface area (Å²) in [5.41, 5.74) is 1.17. The van der Waals surface area contributed by atoms with Crippen LogP contribution in [0.15, 0.2) is 54.6 Å². The number of likely N-dealkylation sites (tertiary alicyclic amines) is 2. The monoisotopic (exact) mass is 436 g/mol. The minimum Gasteiger partial charge on any atom is -0.457 e. The van der Waals surface area contributed by atoms with Crippen molar-refractivity contribution in [1.82, 2.24) is 9.80 Å². The van der Waals surface area contributed by atoms with E-state index in [9.17, 15) is 4.79 Å². The van der Waals surface area contributed by atoms with E-state index >= 15 is 0 Å². The van der Waals surface area contributed by atoms with Gasteiger partial charge in [-0.3, -0.25) is 4.90 Å². The van der Waals surface area contributed by atoms with Crippen molar-refractivity contribution < 1.29 is 14.3 Å². The molecule has 0 aromatic heterocycles. The van der Waals surface area contributed by atoms with Crippen LogP contribution < -0.4 is 4.74 Å². The van der Waals surface area contributed by atoms with E-state index in [2.05, 4.69) is 23.1 Å². The highest BCUT2D eigenvalue weighted by atomic mass is 16.6. The second-order valence-corrected chi connectivity index (χ2v) is 10.3. The molecule has 4 rings (SSSR count). The molecule has 0 N–H and O–H groups in total. The summed E-state index contributed by atoms with van der Waals surface area (Å²) in [6.07, 6.45) is 4.37. The van der Waals surface area contributed by atoms with Crippen LogP contribution >= 0.6 is 0 Å². The summed E-state index contributed by atoms with van der Waals surface area (Å²) >= 11 is 0. The second-order valence-electron chi connectivity index (χ2n) is 10.3. The number of piperidine rings is 2. The Hall–Kier alpha value is -2.53. The van der Waals surface area contributed by atoms with Crippen LogP contribution in [0.3, 0.4) is 0 Å². The minimum atomic E-state index is -0.432. The maximum absolute atomic E-state index is 12.4. The molecule has 2 heterocycles. The van der Waals surface area contributed by atoms with Crippen LogP contribution in [-0.2, 0) is 11.3 Å². The van der Waals surface area contributed by atoms with Gasteiger partial charge in [-0.05, 0) is 83.2 Å². The fourth-order valence-corrected chi connectivity index (χ4v) is 4.77. The van der Waals surface area contributed by atoms with Crippen LogP contribution in [0.5, 0.6) is 11.5 Å². The lowest BCUT2D eigenvalue weighted by Crippen LogP contribution is -2.49. The Bertz CT molecular complexity index is 889. The maximum atomic E-state index is 12.4. The van der Waals surface area contributed by atoms with Crippen molar-refractivity contribution in [3.8, 4) is 11.5 Å². The Morgan fingerprint density at radius 3 is 2.12 bits per heavy atom. The summed E-state index contributed by atoms with van der Waals surface area (Å²) < 4.78 is 11.7. The van der Waals surface area contributed by atoms with Crippen LogP contribution in [0.25, 0.3) is 0 Å². The molecular weight excluding hydrogens is 400 g/mol. The van der Waals surface area contributed by atoms with Crippen LogP contribution in [0.4, 0.5) is 4.79 Å². The van der Waals surface area contributed by atoms with Crippen LogP contribution in [0, 0.1) is 5.41 Å². The highest BCUT2D eigenvalue weighted by Gasteiger charge is 2.39. The second kappa shape index (κ2) is 9.53. The molecular formula is C27H36N2O3. The van der Waals surface area contributed by atoms with E-state index in [1.807, 2.05) is 62.1 Å². The normalized spacial score (nSPS) is 19.0. The van der Waals surface area contributed by atoms with E-state index in [-0.39, 0.29) is 6.09 Å². The lowest BCUT2D eigenvalue weighted by atomic mass is 9.71. The third kappa shape index (κ3) is 5.83. The zero-order valence-corrected chi connectivity index (χ0v) is 19.7. The largest absolute Gasteiger partial charge is 0.457 e. The maximum Gasteiger partial charge on any atom is 0.410 e. The molecule has 1 spiro atoms. The van der Waals surface area contributed by atoms with Crippen molar-refractivity contribution in [2.24, 2.45) is 5.41 Å². The summed E-state index contributed by atoms with van der Waals surface area (Å²) in [7, 11) is 0. The van der Waals surface area contributed by atoms with Gasteiger partial charge in [0, 0.05) is 25.2 Å². The first kappa shape index (κ1) is 22.7. The molecule has 32 heavy (non-hydrogen) atoms. The fraction of sp³-hybridized carbons (Fsp3) is 0.519. The van der Waals surface area contributed by atoms with Gasteiger partial charge in [0.15, 0.2) is 0 Å². The van der Waals surface area contributed by atoms with Gasteiger partial charge in [-0.15, -0.1) is 0 Å². The first-order valence-corrected chi connectivity index (χ1v) is 11.8. The average Bonchev–Trinajstić information content (AvgIpc) is 2.77. The molecule has 2 saturated heterocycles. The van der Waals surface area contributed by atoms with Crippen LogP contribution in [0.1, 0.15) is 52.0 Å². The van der Waals surface area contributed by atoms with E-state index in [0.717, 1.165) is 57.1 Å². The fourth-order valence-electron chi connectivity index (χ4n) is 4.77. The molecule has 172 valence electrons. The number of benzene rings is 2. The van der Waals surface area contributed by atoms with Crippen molar-refractivity contribution in [2.75, 3.05) is 26.2 Å². The smallest absolute Gasteiger partial charge is 0.410 e. The third-order valence-electron chi connectivity index (χ3n) is 6.73. The van der Waals surface area contributed by atoms with Gasteiger partial charge in [0.1, 0.15) is 17.1 Å². The van der Waals surface area contributed by atoms with Crippen molar-refractivity contribution in [3.63, 3.8) is 0 Å². The third-order valence-corrected chi connectivity index (χ3v) is 6.73. The lowest BCUT2D eigenvalue weighted by Gasteiger charge is -2.47. The number of carbonyl (C=O) groups is 1. The molecule has 0 aliphatic carbocycles. The first-order chi connectivity index (χ1) is 15.3. The SMILES string of the molecule is CC(C)(C)OC(=O)N1CCC2(CCN(Cc3ccccc3Oc3ccccc3)CC2)CC1. The Labute approximate surface area is 192 Å². The van der Waals surface area contributed by atoms with Crippen LogP contribution in [-0.4, -0.2) is 47.7 Å². The Morgan fingerprint density at radius 1 is 0.875 bits per heavy atom. The van der Waals surface area contributed by atoms with Gasteiger partial charge < -0.3 is 14.4 Å². The van der Waals surface area contributed by atoms with Gasteiger partial charge in [-0.2, -0.15) is 0 Å². The molecule has 1 amide bonds. The van der Waals surface area contributed by atoms with Crippen LogP contribution in [0.2, 0.25) is 0 Å². The van der Waals surface area contributed by atoms with E-state index in [0.29, 0.717) is 5.41 Å². The number of rotatable bonds is 4. The van der Waals surface area contributed by atoms with Gasteiger partial charge in [-0.1, -0.05) is 36.4 Å². The number of amides is 1. The van der Waals surface area contributed by atoms with Gasteiger partial charge in [0.25, 0.3) is 0 Å². The predicted octanol–water partition coefficient (Wildman–Crippen LogP) is 6.09. The summed E-state index contributed by atoms with van der Waals surface area (Å²) in [5, 5.41) is 0. The molecule has 0 atom stereocenters. The molecule has 0 bridgehead atoms.